The average molecular weight is 410 g/mol. The number of hydrogen-bond donors (Lipinski definition) is 2. The highest BCUT2D eigenvalue weighted by atomic mass is 19.1. The molecule has 0 unspecified atom stereocenters. The van der Waals surface area contributed by atoms with Crippen LogP contribution >= 0.6 is 0 Å². The molecule has 30 heavy (non-hydrogen) atoms. The van der Waals surface area contributed by atoms with Crippen molar-refractivity contribution in [1.82, 2.24) is 25.1 Å². The Bertz CT molecular complexity index is 1210. The number of hydrogen-bond acceptors (Lipinski definition) is 6. The van der Waals surface area contributed by atoms with E-state index in [-0.39, 0.29) is 5.69 Å². The SMILES string of the molecule is COc1ccc(CN(C)C)cc1-c1[nH]nc2nc(Nc3ccc(F)cc3F)cnc12. The normalized spacial score (nSPS) is 11.3. The third-order valence-corrected chi connectivity index (χ3v) is 4.49. The third kappa shape index (κ3) is 3.92. The van der Waals surface area contributed by atoms with E-state index in [0.717, 1.165) is 29.8 Å². The van der Waals surface area contributed by atoms with Gasteiger partial charge in [0, 0.05) is 18.2 Å². The smallest absolute Gasteiger partial charge is 0.202 e. The molecule has 2 heterocycles. The van der Waals surface area contributed by atoms with Gasteiger partial charge in [-0.2, -0.15) is 5.10 Å². The van der Waals surface area contributed by atoms with E-state index >= 15 is 0 Å². The number of nitrogens with one attached hydrogen (secondary N) is 2. The fraction of sp³-hybridized carbons (Fsp3) is 0.190. The van der Waals surface area contributed by atoms with Crippen LogP contribution in [0.4, 0.5) is 20.3 Å². The number of nitrogens with zero attached hydrogens (tertiary/aromatic N) is 4. The predicted molar refractivity (Wildman–Crippen MR) is 111 cm³/mol. The van der Waals surface area contributed by atoms with E-state index in [0.29, 0.717) is 28.4 Å². The summed E-state index contributed by atoms with van der Waals surface area (Å²) in [6, 6.07) is 9.19. The summed E-state index contributed by atoms with van der Waals surface area (Å²) in [5.41, 5.74) is 3.61. The number of methoxy groups -OCH3 is 1. The molecule has 4 rings (SSSR count). The summed E-state index contributed by atoms with van der Waals surface area (Å²) >= 11 is 0. The second-order valence-corrected chi connectivity index (χ2v) is 7.05. The van der Waals surface area contributed by atoms with Crippen molar-refractivity contribution >= 4 is 22.7 Å². The number of halogens is 2. The van der Waals surface area contributed by atoms with E-state index in [1.54, 1.807) is 7.11 Å². The highest BCUT2D eigenvalue weighted by Gasteiger charge is 2.16. The monoisotopic (exact) mass is 410 g/mol. The molecule has 0 spiro atoms. The number of benzene rings is 2. The van der Waals surface area contributed by atoms with Crippen LogP contribution in [0.5, 0.6) is 5.75 Å². The molecular weight excluding hydrogens is 390 g/mol. The van der Waals surface area contributed by atoms with E-state index in [1.165, 1.54) is 12.3 Å². The first kappa shape index (κ1) is 19.7. The van der Waals surface area contributed by atoms with Crippen LogP contribution in [-0.2, 0) is 6.54 Å². The van der Waals surface area contributed by atoms with Gasteiger partial charge >= 0.3 is 0 Å². The zero-order valence-electron chi connectivity index (χ0n) is 16.7. The first-order valence-electron chi connectivity index (χ1n) is 9.20. The van der Waals surface area contributed by atoms with Crippen molar-refractivity contribution in [1.29, 1.82) is 0 Å². The Morgan fingerprint density at radius 3 is 2.70 bits per heavy atom. The van der Waals surface area contributed by atoms with Crippen molar-refractivity contribution in [2.45, 2.75) is 6.54 Å². The maximum Gasteiger partial charge on any atom is 0.202 e. The standard InChI is InChI=1S/C21H20F2N6O/c1-29(2)11-12-4-7-17(30-3)14(8-12)19-20-21(28-27-19)26-18(10-24-20)25-16-6-5-13(22)9-15(16)23/h4-10H,11H2,1-3H3,(H2,25,26,27,28). The van der Waals surface area contributed by atoms with Crippen molar-refractivity contribution in [3.05, 3.63) is 59.8 Å². The number of anilines is 2. The van der Waals surface area contributed by atoms with Crippen LogP contribution < -0.4 is 10.1 Å². The quantitative estimate of drug-likeness (QED) is 0.498. The molecule has 0 aliphatic carbocycles. The second kappa shape index (κ2) is 8.03. The zero-order chi connectivity index (χ0) is 21.3. The Balaban J connectivity index is 1.70. The van der Waals surface area contributed by atoms with Crippen LogP contribution in [0.25, 0.3) is 22.4 Å². The summed E-state index contributed by atoms with van der Waals surface area (Å²) in [4.78, 5) is 10.9. The Morgan fingerprint density at radius 2 is 1.97 bits per heavy atom. The second-order valence-electron chi connectivity index (χ2n) is 7.05. The maximum atomic E-state index is 13.9. The minimum atomic E-state index is -0.720. The van der Waals surface area contributed by atoms with Gasteiger partial charge in [0.1, 0.15) is 22.9 Å². The summed E-state index contributed by atoms with van der Waals surface area (Å²) in [6.07, 6.45) is 1.47. The third-order valence-electron chi connectivity index (χ3n) is 4.49. The molecule has 0 aliphatic rings. The number of fused-ring (bicyclic) bond motifs is 1. The Morgan fingerprint density at radius 1 is 1.13 bits per heavy atom. The van der Waals surface area contributed by atoms with Crippen LogP contribution in [-0.4, -0.2) is 46.3 Å². The predicted octanol–water partition coefficient (Wildman–Crippen LogP) is 4.11. The lowest BCUT2D eigenvalue weighted by Gasteiger charge is -2.13. The lowest BCUT2D eigenvalue weighted by molar-refractivity contribution is 0.400. The van der Waals surface area contributed by atoms with Gasteiger partial charge in [-0.15, -0.1) is 0 Å². The lowest BCUT2D eigenvalue weighted by Crippen LogP contribution is -2.10. The van der Waals surface area contributed by atoms with Crippen LogP contribution in [0.15, 0.2) is 42.6 Å². The lowest BCUT2D eigenvalue weighted by atomic mass is 10.1. The van der Waals surface area contributed by atoms with Crippen molar-refractivity contribution < 1.29 is 13.5 Å². The van der Waals surface area contributed by atoms with E-state index in [9.17, 15) is 8.78 Å². The van der Waals surface area contributed by atoms with Gasteiger partial charge in [-0.25, -0.2) is 18.7 Å². The Hall–Kier alpha value is -3.59. The first-order chi connectivity index (χ1) is 14.4. The van der Waals surface area contributed by atoms with Crippen molar-refractivity contribution in [3.8, 4) is 17.0 Å². The van der Waals surface area contributed by atoms with E-state index < -0.39 is 11.6 Å². The number of H-pyrrole nitrogens is 1. The topological polar surface area (TPSA) is 79.0 Å². The van der Waals surface area contributed by atoms with Crippen LogP contribution in [0.1, 0.15) is 5.56 Å². The van der Waals surface area contributed by atoms with E-state index in [2.05, 4.69) is 30.4 Å². The molecule has 0 amide bonds. The molecule has 2 N–H and O–H groups in total. The van der Waals surface area contributed by atoms with Crippen LogP contribution in [0.3, 0.4) is 0 Å². The molecule has 154 valence electrons. The van der Waals surface area contributed by atoms with Gasteiger partial charge < -0.3 is 15.0 Å². The molecule has 2 aromatic heterocycles. The van der Waals surface area contributed by atoms with Gasteiger partial charge in [0.05, 0.1) is 24.7 Å². The maximum absolute atomic E-state index is 13.9. The van der Waals surface area contributed by atoms with Gasteiger partial charge in [0.2, 0.25) is 5.65 Å². The summed E-state index contributed by atoms with van der Waals surface area (Å²) in [6.45, 7) is 0.770. The molecule has 0 saturated heterocycles. The molecule has 4 aromatic rings. The molecule has 0 atom stereocenters. The number of aromatic nitrogens is 4. The first-order valence-corrected chi connectivity index (χ1v) is 9.20. The highest BCUT2D eigenvalue weighted by molar-refractivity contribution is 5.90. The van der Waals surface area contributed by atoms with Crippen LogP contribution in [0.2, 0.25) is 0 Å². The van der Waals surface area contributed by atoms with Gasteiger partial charge in [0.25, 0.3) is 0 Å². The molecule has 0 bridgehead atoms. The van der Waals surface area contributed by atoms with Crippen molar-refractivity contribution in [3.63, 3.8) is 0 Å². The number of rotatable bonds is 6. The van der Waals surface area contributed by atoms with Gasteiger partial charge in [-0.05, 0) is 43.9 Å². The summed E-state index contributed by atoms with van der Waals surface area (Å²) in [7, 11) is 5.60. The molecular formula is C21H20F2N6O. The summed E-state index contributed by atoms with van der Waals surface area (Å²) in [5.74, 6) is -0.399. The largest absolute Gasteiger partial charge is 0.496 e. The average Bonchev–Trinajstić information content (AvgIpc) is 3.13. The number of aromatic amines is 1. The van der Waals surface area contributed by atoms with Crippen molar-refractivity contribution in [2.75, 3.05) is 26.5 Å². The Kier molecular flexibility index (Phi) is 5.28. The fourth-order valence-corrected chi connectivity index (χ4v) is 3.19. The molecule has 9 heteroatoms. The van der Waals surface area contributed by atoms with Gasteiger partial charge in [-0.3, -0.25) is 5.10 Å². The minimum absolute atomic E-state index is 0.0962. The fourth-order valence-electron chi connectivity index (χ4n) is 3.19. The molecule has 0 fully saturated rings. The minimum Gasteiger partial charge on any atom is -0.496 e. The molecule has 0 radical (unpaired) electrons. The molecule has 0 saturated carbocycles. The van der Waals surface area contributed by atoms with Gasteiger partial charge in [0.15, 0.2) is 5.82 Å². The molecule has 7 nitrogen and oxygen atoms in total. The highest BCUT2D eigenvalue weighted by Crippen LogP contribution is 2.33. The summed E-state index contributed by atoms with van der Waals surface area (Å²) < 4.78 is 32.5. The Labute approximate surface area is 171 Å². The van der Waals surface area contributed by atoms with Crippen LogP contribution in [0, 0.1) is 11.6 Å². The number of ether oxygens (including phenoxy) is 1. The molecule has 2 aromatic carbocycles. The molecule has 0 aliphatic heterocycles. The van der Waals surface area contributed by atoms with Gasteiger partial charge in [-0.1, -0.05) is 6.07 Å². The summed E-state index contributed by atoms with van der Waals surface area (Å²) in [5, 5.41) is 10.0. The zero-order valence-corrected chi connectivity index (χ0v) is 16.7. The van der Waals surface area contributed by atoms with Crippen molar-refractivity contribution in [2.24, 2.45) is 0 Å². The van der Waals surface area contributed by atoms with E-state index in [4.69, 9.17) is 4.74 Å². The van der Waals surface area contributed by atoms with E-state index in [1.807, 2.05) is 32.3 Å².